The first-order chi connectivity index (χ1) is 7.72. The van der Waals surface area contributed by atoms with Crippen LogP contribution in [0.25, 0.3) is 0 Å². The maximum absolute atomic E-state index is 5.58. The summed E-state index contributed by atoms with van der Waals surface area (Å²) >= 11 is 3.48. The highest BCUT2D eigenvalue weighted by atomic mass is 79.9. The number of benzene rings is 1. The molecular weight excluding hydrogens is 270 g/mol. The molecule has 3 nitrogen and oxygen atoms in total. The van der Waals surface area contributed by atoms with Gasteiger partial charge in [-0.3, -0.25) is 0 Å². The lowest BCUT2D eigenvalue weighted by Crippen LogP contribution is -2.06. The van der Waals surface area contributed by atoms with E-state index in [1.54, 1.807) is 0 Å². The summed E-state index contributed by atoms with van der Waals surface area (Å²) in [6.45, 7) is 5.82. The summed E-state index contributed by atoms with van der Waals surface area (Å²) in [6.07, 6.45) is 0.806. The van der Waals surface area contributed by atoms with Crippen molar-refractivity contribution in [3.63, 3.8) is 0 Å². The molecule has 0 saturated heterocycles. The van der Waals surface area contributed by atoms with E-state index in [2.05, 4.69) is 15.9 Å². The van der Waals surface area contributed by atoms with E-state index >= 15 is 0 Å². The molecule has 0 aromatic heterocycles. The summed E-state index contributed by atoms with van der Waals surface area (Å²) in [5.74, 6) is 1.67. The lowest BCUT2D eigenvalue weighted by molar-refractivity contribution is 0.319. The molecule has 0 radical (unpaired) electrons. The zero-order chi connectivity index (χ0) is 12.0. The zero-order valence-corrected chi connectivity index (χ0v) is 11.3. The van der Waals surface area contributed by atoms with Gasteiger partial charge in [0.15, 0.2) is 0 Å². The predicted molar refractivity (Wildman–Crippen MR) is 69.2 cm³/mol. The first-order valence-electron chi connectivity index (χ1n) is 5.51. The Morgan fingerprint density at radius 3 is 2.31 bits per heavy atom. The second-order valence-corrected chi connectivity index (χ2v) is 4.15. The summed E-state index contributed by atoms with van der Waals surface area (Å²) in [5.41, 5.74) is 6.68. The number of rotatable bonds is 6. The van der Waals surface area contributed by atoms with Crippen LogP contribution in [-0.2, 0) is 6.42 Å². The molecule has 0 unspecified atom stereocenters. The molecule has 1 aromatic rings. The van der Waals surface area contributed by atoms with Crippen LogP contribution in [0.15, 0.2) is 16.6 Å². The van der Waals surface area contributed by atoms with Gasteiger partial charge in [0, 0.05) is 6.07 Å². The van der Waals surface area contributed by atoms with Crippen LogP contribution in [0.3, 0.4) is 0 Å². The third-order valence-electron chi connectivity index (χ3n) is 2.13. The van der Waals surface area contributed by atoms with E-state index in [1.165, 1.54) is 0 Å². The molecule has 0 bridgehead atoms. The fraction of sp³-hybridized carbons (Fsp3) is 0.500. The van der Waals surface area contributed by atoms with Crippen molar-refractivity contribution in [2.45, 2.75) is 20.3 Å². The summed E-state index contributed by atoms with van der Waals surface area (Å²) in [6, 6.07) is 3.94. The zero-order valence-electron chi connectivity index (χ0n) is 9.75. The molecule has 0 saturated carbocycles. The van der Waals surface area contributed by atoms with E-state index < -0.39 is 0 Å². The Hall–Kier alpha value is -0.740. The third-order valence-corrected chi connectivity index (χ3v) is 2.75. The number of ether oxygens (including phenoxy) is 2. The van der Waals surface area contributed by atoms with E-state index in [4.69, 9.17) is 15.2 Å². The highest BCUT2D eigenvalue weighted by Crippen LogP contribution is 2.33. The van der Waals surface area contributed by atoms with Gasteiger partial charge in [0.05, 0.1) is 17.7 Å². The molecule has 0 fully saturated rings. The summed E-state index contributed by atoms with van der Waals surface area (Å²) in [7, 11) is 0. The summed E-state index contributed by atoms with van der Waals surface area (Å²) in [4.78, 5) is 0. The average molecular weight is 288 g/mol. The van der Waals surface area contributed by atoms with Gasteiger partial charge in [-0.25, -0.2) is 0 Å². The van der Waals surface area contributed by atoms with Gasteiger partial charge in [-0.1, -0.05) is 0 Å². The minimum Gasteiger partial charge on any atom is -0.493 e. The summed E-state index contributed by atoms with van der Waals surface area (Å²) < 4.78 is 12.0. The standard InChI is InChI=1S/C12H18BrNO2/c1-3-15-11-8-12(16-4-2)10(13)7-9(11)5-6-14/h7-8H,3-6,14H2,1-2H3. The van der Waals surface area contributed by atoms with Gasteiger partial charge in [-0.2, -0.15) is 0 Å². The molecule has 0 amide bonds. The minimum absolute atomic E-state index is 0.612. The molecule has 0 spiro atoms. The molecule has 1 rings (SSSR count). The molecule has 0 heterocycles. The molecule has 4 heteroatoms. The van der Waals surface area contributed by atoms with Crippen LogP contribution in [0.2, 0.25) is 0 Å². The van der Waals surface area contributed by atoms with E-state index in [-0.39, 0.29) is 0 Å². The van der Waals surface area contributed by atoms with Crippen molar-refractivity contribution < 1.29 is 9.47 Å². The minimum atomic E-state index is 0.612. The van der Waals surface area contributed by atoms with Crippen LogP contribution in [0.5, 0.6) is 11.5 Å². The van der Waals surface area contributed by atoms with Crippen molar-refractivity contribution in [2.24, 2.45) is 5.73 Å². The topological polar surface area (TPSA) is 44.5 Å². The van der Waals surface area contributed by atoms with Crippen LogP contribution in [-0.4, -0.2) is 19.8 Å². The van der Waals surface area contributed by atoms with E-state index in [0.29, 0.717) is 19.8 Å². The molecule has 0 aliphatic carbocycles. The highest BCUT2D eigenvalue weighted by Gasteiger charge is 2.09. The van der Waals surface area contributed by atoms with Gasteiger partial charge < -0.3 is 15.2 Å². The number of hydrogen-bond donors (Lipinski definition) is 1. The Morgan fingerprint density at radius 2 is 1.75 bits per heavy atom. The molecule has 0 aliphatic heterocycles. The Bertz CT molecular complexity index is 342. The molecule has 1 aromatic carbocycles. The second-order valence-electron chi connectivity index (χ2n) is 3.30. The Morgan fingerprint density at radius 1 is 1.12 bits per heavy atom. The first-order valence-corrected chi connectivity index (χ1v) is 6.30. The molecular formula is C12H18BrNO2. The van der Waals surface area contributed by atoms with Gasteiger partial charge in [0.25, 0.3) is 0 Å². The molecule has 0 aliphatic rings. The van der Waals surface area contributed by atoms with Crippen LogP contribution in [0.4, 0.5) is 0 Å². The monoisotopic (exact) mass is 287 g/mol. The van der Waals surface area contributed by atoms with Gasteiger partial charge in [-0.05, 0) is 54.4 Å². The fourth-order valence-electron chi connectivity index (χ4n) is 1.48. The largest absolute Gasteiger partial charge is 0.493 e. The predicted octanol–water partition coefficient (Wildman–Crippen LogP) is 2.75. The third kappa shape index (κ3) is 3.39. The van der Waals surface area contributed by atoms with Crippen LogP contribution in [0, 0.1) is 0 Å². The second kappa shape index (κ2) is 6.76. The van der Waals surface area contributed by atoms with Crippen molar-refractivity contribution in [3.05, 3.63) is 22.2 Å². The smallest absolute Gasteiger partial charge is 0.137 e. The number of nitrogens with two attached hydrogens (primary N) is 1. The lowest BCUT2D eigenvalue weighted by Gasteiger charge is -2.13. The van der Waals surface area contributed by atoms with Crippen molar-refractivity contribution in [1.82, 2.24) is 0 Å². The SMILES string of the molecule is CCOc1cc(OCC)c(CCN)cc1Br. The molecule has 2 N–H and O–H groups in total. The fourth-order valence-corrected chi connectivity index (χ4v) is 1.99. The maximum atomic E-state index is 5.58. The van der Waals surface area contributed by atoms with Gasteiger partial charge in [0.2, 0.25) is 0 Å². The average Bonchev–Trinajstić information content (AvgIpc) is 2.25. The Labute approximate surface area is 105 Å². The first kappa shape index (κ1) is 13.3. The highest BCUT2D eigenvalue weighted by molar-refractivity contribution is 9.10. The number of halogens is 1. The van der Waals surface area contributed by atoms with Crippen molar-refractivity contribution in [1.29, 1.82) is 0 Å². The Kier molecular flexibility index (Phi) is 5.63. The van der Waals surface area contributed by atoms with E-state index in [0.717, 1.165) is 28.0 Å². The van der Waals surface area contributed by atoms with Gasteiger partial charge in [-0.15, -0.1) is 0 Å². The molecule has 16 heavy (non-hydrogen) atoms. The normalized spacial score (nSPS) is 10.2. The Balaban J connectivity index is 3.03. The van der Waals surface area contributed by atoms with Crippen molar-refractivity contribution >= 4 is 15.9 Å². The van der Waals surface area contributed by atoms with Crippen LogP contribution in [0.1, 0.15) is 19.4 Å². The van der Waals surface area contributed by atoms with Gasteiger partial charge >= 0.3 is 0 Å². The maximum Gasteiger partial charge on any atom is 0.137 e. The van der Waals surface area contributed by atoms with E-state index in [1.807, 2.05) is 26.0 Å². The lowest BCUT2D eigenvalue weighted by atomic mass is 10.1. The van der Waals surface area contributed by atoms with Crippen LogP contribution >= 0.6 is 15.9 Å². The van der Waals surface area contributed by atoms with E-state index in [9.17, 15) is 0 Å². The quantitative estimate of drug-likeness (QED) is 0.875. The van der Waals surface area contributed by atoms with Crippen molar-refractivity contribution in [2.75, 3.05) is 19.8 Å². The molecule has 90 valence electrons. The van der Waals surface area contributed by atoms with Crippen molar-refractivity contribution in [3.8, 4) is 11.5 Å². The summed E-state index contributed by atoms with van der Waals surface area (Å²) in [5, 5.41) is 0. The molecule has 0 atom stereocenters. The van der Waals surface area contributed by atoms with Gasteiger partial charge in [0.1, 0.15) is 11.5 Å². The number of hydrogen-bond acceptors (Lipinski definition) is 3. The van der Waals surface area contributed by atoms with Crippen LogP contribution < -0.4 is 15.2 Å².